The molecule has 0 aliphatic carbocycles. The van der Waals surface area contributed by atoms with Gasteiger partial charge in [-0.3, -0.25) is 0 Å². The Labute approximate surface area is 337 Å². The molecule has 11 rings (SSSR count). The van der Waals surface area contributed by atoms with Gasteiger partial charge in [0.05, 0.1) is 0 Å². The number of hydrogen-bond donors (Lipinski definition) is 0. The van der Waals surface area contributed by atoms with Gasteiger partial charge < -0.3 is 9.32 Å². The fourth-order valence-corrected chi connectivity index (χ4v) is 8.54. The first-order valence-corrected chi connectivity index (χ1v) is 19.8. The number of fused-ring (bicyclic) bond motifs is 6. The first-order chi connectivity index (χ1) is 28.7. The Morgan fingerprint density at radius 2 is 0.845 bits per heavy atom. The fourth-order valence-electron chi connectivity index (χ4n) is 8.54. The van der Waals surface area contributed by atoms with E-state index < -0.39 is 0 Å². The maximum Gasteiger partial charge on any atom is 0.143 e. The van der Waals surface area contributed by atoms with Gasteiger partial charge in [0.1, 0.15) is 11.2 Å². The summed E-state index contributed by atoms with van der Waals surface area (Å²) in [7, 11) is 0. The minimum Gasteiger partial charge on any atom is -0.455 e. The predicted molar refractivity (Wildman–Crippen MR) is 245 cm³/mol. The van der Waals surface area contributed by atoms with Crippen LogP contribution in [-0.2, 0) is 0 Å². The van der Waals surface area contributed by atoms with Gasteiger partial charge in [0.25, 0.3) is 0 Å². The Hall–Kier alpha value is -7.68. The summed E-state index contributed by atoms with van der Waals surface area (Å²) in [4.78, 5) is 2.35. The molecule has 0 bridgehead atoms. The van der Waals surface area contributed by atoms with E-state index in [1.165, 1.54) is 49.5 Å². The smallest absolute Gasteiger partial charge is 0.143 e. The van der Waals surface area contributed by atoms with E-state index in [1.54, 1.807) is 0 Å². The molecule has 2 nitrogen and oxygen atoms in total. The highest BCUT2D eigenvalue weighted by atomic mass is 16.3. The van der Waals surface area contributed by atoms with E-state index in [-0.39, 0.29) is 0 Å². The fraction of sp³-hybridized carbons (Fsp3) is 0. The van der Waals surface area contributed by atoms with Gasteiger partial charge in [-0.2, -0.15) is 0 Å². The largest absolute Gasteiger partial charge is 0.455 e. The van der Waals surface area contributed by atoms with E-state index in [0.29, 0.717) is 0 Å². The van der Waals surface area contributed by atoms with Gasteiger partial charge in [0.15, 0.2) is 0 Å². The topological polar surface area (TPSA) is 16.4 Å². The van der Waals surface area contributed by atoms with Crippen LogP contribution in [0.1, 0.15) is 0 Å². The van der Waals surface area contributed by atoms with Crippen LogP contribution in [-0.4, -0.2) is 0 Å². The van der Waals surface area contributed by atoms with E-state index in [9.17, 15) is 0 Å². The van der Waals surface area contributed by atoms with Crippen LogP contribution in [0.15, 0.2) is 229 Å². The Bertz CT molecular complexity index is 3270. The summed E-state index contributed by atoms with van der Waals surface area (Å²) in [6.07, 6.45) is 0. The monoisotopic (exact) mass is 739 g/mol. The molecule has 0 saturated heterocycles. The molecule has 0 aliphatic rings. The summed E-state index contributed by atoms with van der Waals surface area (Å²) in [6, 6.07) is 80.6. The number of furan rings is 1. The van der Waals surface area contributed by atoms with Gasteiger partial charge in [0, 0.05) is 33.2 Å². The zero-order chi connectivity index (χ0) is 38.4. The molecule has 0 fully saturated rings. The number of benzene rings is 10. The van der Waals surface area contributed by atoms with E-state index in [4.69, 9.17) is 4.42 Å². The van der Waals surface area contributed by atoms with E-state index in [1.807, 2.05) is 0 Å². The third kappa shape index (κ3) is 6.00. The van der Waals surface area contributed by atoms with E-state index in [0.717, 1.165) is 55.5 Å². The lowest BCUT2D eigenvalue weighted by Crippen LogP contribution is -2.10. The van der Waals surface area contributed by atoms with Crippen molar-refractivity contribution in [1.82, 2.24) is 0 Å². The molecule has 1 heterocycles. The summed E-state index contributed by atoms with van der Waals surface area (Å²) < 4.78 is 6.53. The van der Waals surface area contributed by atoms with Crippen LogP contribution in [0.5, 0.6) is 0 Å². The average molecular weight is 740 g/mol. The molecule has 0 radical (unpaired) electrons. The van der Waals surface area contributed by atoms with Crippen molar-refractivity contribution in [3.8, 4) is 44.5 Å². The van der Waals surface area contributed by atoms with Gasteiger partial charge in [-0.15, -0.1) is 0 Å². The average Bonchev–Trinajstić information content (AvgIpc) is 3.70. The SMILES string of the molecule is c1ccc(-c2cccc(N(c3ccc(-c4cccc(-c5ccc6ccccc6c5)c4)cc3)c3ccc(-c4cccc5oc6c7ccccc7ccc6c45)cc3)c2)cc1. The molecule has 0 atom stereocenters. The van der Waals surface area contributed by atoms with E-state index >= 15 is 0 Å². The standard InChI is InChI=1S/C56H37NO/c1-2-11-38(12-3-1)46-18-9-19-50(37-46)57(48-30-25-40(26-31-48)44-16-8-17-45(35-44)47-24-23-39-13-4-5-15-43(39)36-47)49-32-27-42(28-33-49)51-21-10-22-54-55(51)53-34-29-41-14-6-7-20-52(41)56(53)58-54/h1-37H. The van der Waals surface area contributed by atoms with Crippen LogP contribution >= 0.6 is 0 Å². The number of anilines is 3. The first-order valence-electron chi connectivity index (χ1n) is 19.8. The second-order valence-corrected chi connectivity index (χ2v) is 14.9. The third-order valence-electron chi connectivity index (χ3n) is 11.4. The molecule has 272 valence electrons. The van der Waals surface area contributed by atoms with Crippen molar-refractivity contribution in [1.29, 1.82) is 0 Å². The lowest BCUT2D eigenvalue weighted by molar-refractivity contribution is 0.673. The molecule has 0 aliphatic heterocycles. The zero-order valence-electron chi connectivity index (χ0n) is 31.7. The summed E-state index contributed by atoms with van der Waals surface area (Å²) in [6.45, 7) is 0. The summed E-state index contributed by atoms with van der Waals surface area (Å²) >= 11 is 0. The highest BCUT2D eigenvalue weighted by Crippen LogP contribution is 2.42. The highest BCUT2D eigenvalue weighted by molar-refractivity contribution is 6.19. The van der Waals surface area contributed by atoms with Crippen molar-refractivity contribution in [2.75, 3.05) is 4.90 Å². The molecule has 0 spiro atoms. The van der Waals surface area contributed by atoms with Crippen LogP contribution in [0.4, 0.5) is 17.1 Å². The van der Waals surface area contributed by atoms with Crippen LogP contribution in [0.25, 0.3) is 88.0 Å². The van der Waals surface area contributed by atoms with Crippen molar-refractivity contribution in [2.45, 2.75) is 0 Å². The maximum absolute atomic E-state index is 6.53. The molecule has 0 N–H and O–H groups in total. The Morgan fingerprint density at radius 1 is 0.293 bits per heavy atom. The maximum atomic E-state index is 6.53. The van der Waals surface area contributed by atoms with Gasteiger partial charge >= 0.3 is 0 Å². The zero-order valence-corrected chi connectivity index (χ0v) is 31.7. The van der Waals surface area contributed by atoms with Gasteiger partial charge in [-0.05, 0) is 121 Å². The van der Waals surface area contributed by atoms with Gasteiger partial charge in [0.2, 0.25) is 0 Å². The number of hydrogen-bond acceptors (Lipinski definition) is 2. The summed E-state index contributed by atoms with van der Waals surface area (Å²) in [5, 5.41) is 7.09. The van der Waals surface area contributed by atoms with Crippen molar-refractivity contribution < 1.29 is 4.42 Å². The Balaban J connectivity index is 0.980. The molecule has 58 heavy (non-hydrogen) atoms. The Kier molecular flexibility index (Phi) is 8.19. The quantitative estimate of drug-likeness (QED) is 0.162. The lowest BCUT2D eigenvalue weighted by Gasteiger charge is -2.26. The van der Waals surface area contributed by atoms with Crippen LogP contribution in [0.2, 0.25) is 0 Å². The normalized spacial score (nSPS) is 11.4. The second-order valence-electron chi connectivity index (χ2n) is 14.9. The highest BCUT2D eigenvalue weighted by Gasteiger charge is 2.17. The molecule has 0 amide bonds. The molecule has 0 saturated carbocycles. The molecule has 0 unspecified atom stereocenters. The minimum absolute atomic E-state index is 0.898. The first kappa shape index (κ1) is 33.6. The van der Waals surface area contributed by atoms with Crippen LogP contribution in [0, 0.1) is 0 Å². The molecular weight excluding hydrogens is 703 g/mol. The van der Waals surface area contributed by atoms with Crippen molar-refractivity contribution in [3.05, 3.63) is 224 Å². The second kappa shape index (κ2) is 14.1. The summed E-state index contributed by atoms with van der Waals surface area (Å²) in [5.74, 6) is 0. The molecular formula is C56H37NO. The van der Waals surface area contributed by atoms with Crippen molar-refractivity contribution in [3.63, 3.8) is 0 Å². The van der Waals surface area contributed by atoms with Crippen LogP contribution in [0.3, 0.4) is 0 Å². The predicted octanol–water partition coefficient (Wildman–Crippen LogP) is 16.0. The Morgan fingerprint density at radius 3 is 1.64 bits per heavy atom. The molecule has 11 aromatic rings. The van der Waals surface area contributed by atoms with E-state index in [2.05, 4.69) is 229 Å². The molecule has 2 heteroatoms. The molecule has 10 aromatic carbocycles. The molecule has 1 aromatic heterocycles. The van der Waals surface area contributed by atoms with Crippen molar-refractivity contribution in [2.24, 2.45) is 0 Å². The van der Waals surface area contributed by atoms with Gasteiger partial charge in [-0.25, -0.2) is 0 Å². The number of nitrogens with zero attached hydrogens (tertiary/aromatic N) is 1. The summed E-state index contributed by atoms with van der Waals surface area (Å²) in [5.41, 5.74) is 14.5. The third-order valence-corrected chi connectivity index (χ3v) is 11.4. The minimum atomic E-state index is 0.898. The lowest BCUT2D eigenvalue weighted by atomic mass is 9.97. The van der Waals surface area contributed by atoms with Crippen LogP contribution < -0.4 is 4.90 Å². The van der Waals surface area contributed by atoms with Gasteiger partial charge in [-0.1, -0.05) is 164 Å². The van der Waals surface area contributed by atoms with Crippen molar-refractivity contribution >= 4 is 60.5 Å². The number of rotatable bonds is 7.